The first kappa shape index (κ1) is 23.5. The molecule has 1 N–H and O–H groups in total. The lowest BCUT2D eigenvalue weighted by Crippen LogP contribution is -2.56. The van der Waals surface area contributed by atoms with Crippen LogP contribution in [0, 0.1) is 11.8 Å². The molecule has 3 rings (SSSR count). The maximum atomic E-state index is 13.7. The van der Waals surface area contributed by atoms with E-state index in [2.05, 4.69) is 13.2 Å². The molecule has 3 saturated heterocycles. The highest BCUT2D eigenvalue weighted by Gasteiger charge is 2.74. The van der Waals surface area contributed by atoms with E-state index in [4.69, 9.17) is 9.47 Å². The molecule has 0 aromatic heterocycles. The number of β-amino-alcohol motifs (C(OH)–C–C–N with tert-alkyl or cyclic N) is 1. The summed E-state index contributed by atoms with van der Waals surface area (Å²) in [5.74, 6) is -2.47. The smallest absolute Gasteiger partial charge is 0.312 e. The standard InChI is InChI=1S/C23H34N2O6/c1-4-7-12-24(11-6-3)21(28)19-23-10-9-16(31-23)17(22(29)30-15-8-5-2)18(23)20(27)25(19)13-14-26/h5-6,16-19,26H,2-4,7-15H2,1H3/t16-,17+,18+,19?,23?/m1/s1. The van der Waals surface area contributed by atoms with Crippen LogP contribution in [0.5, 0.6) is 0 Å². The largest absolute Gasteiger partial charge is 0.465 e. The summed E-state index contributed by atoms with van der Waals surface area (Å²) in [6.07, 6.45) is 6.31. The highest BCUT2D eigenvalue weighted by atomic mass is 16.6. The number of carbonyl (C=O) groups excluding carboxylic acids is 3. The Balaban J connectivity index is 1.92. The average molecular weight is 435 g/mol. The topological polar surface area (TPSA) is 96.4 Å². The van der Waals surface area contributed by atoms with Gasteiger partial charge in [0.2, 0.25) is 11.8 Å². The van der Waals surface area contributed by atoms with Crippen molar-refractivity contribution in [3.8, 4) is 0 Å². The number of carbonyl (C=O) groups is 3. The average Bonchev–Trinajstić information content (AvgIpc) is 3.39. The number of hydrogen-bond acceptors (Lipinski definition) is 6. The Hall–Kier alpha value is -2.19. The predicted molar refractivity (Wildman–Crippen MR) is 114 cm³/mol. The third-order valence-electron chi connectivity index (χ3n) is 6.66. The lowest BCUT2D eigenvalue weighted by atomic mass is 9.70. The summed E-state index contributed by atoms with van der Waals surface area (Å²) < 4.78 is 11.7. The van der Waals surface area contributed by atoms with Crippen molar-refractivity contribution in [2.45, 2.75) is 56.8 Å². The monoisotopic (exact) mass is 434 g/mol. The van der Waals surface area contributed by atoms with Gasteiger partial charge in [-0.05, 0) is 25.7 Å². The summed E-state index contributed by atoms with van der Waals surface area (Å²) in [6, 6.07) is -0.857. The highest BCUT2D eigenvalue weighted by Crippen LogP contribution is 2.58. The number of esters is 1. The number of amides is 2. The lowest BCUT2D eigenvalue weighted by Gasteiger charge is -2.36. The number of unbranched alkanes of at least 4 members (excludes halogenated alkanes) is 1. The van der Waals surface area contributed by atoms with E-state index < -0.39 is 35.6 Å². The molecule has 0 radical (unpaired) electrons. The minimum absolute atomic E-state index is 0.0233. The molecule has 8 nitrogen and oxygen atoms in total. The minimum Gasteiger partial charge on any atom is -0.465 e. The Morgan fingerprint density at radius 2 is 2.16 bits per heavy atom. The number of aliphatic hydroxyl groups is 1. The van der Waals surface area contributed by atoms with Gasteiger partial charge in [-0.3, -0.25) is 14.4 Å². The van der Waals surface area contributed by atoms with Crippen molar-refractivity contribution in [2.75, 3.05) is 32.8 Å². The van der Waals surface area contributed by atoms with Crippen molar-refractivity contribution < 1.29 is 29.0 Å². The first-order valence-electron chi connectivity index (χ1n) is 11.2. The summed E-state index contributed by atoms with van der Waals surface area (Å²) >= 11 is 0. The molecule has 2 bridgehead atoms. The van der Waals surface area contributed by atoms with Crippen LogP contribution >= 0.6 is 0 Å². The number of nitrogens with zero attached hydrogens (tertiary/aromatic N) is 2. The molecule has 3 aliphatic rings. The molecule has 3 aliphatic heterocycles. The van der Waals surface area contributed by atoms with Gasteiger partial charge in [0.25, 0.3) is 0 Å². The van der Waals surface area contributed by atoms with E-state index in [0.717, 1.165) is 12.8 Å². The van der Waals surface area contributed by atoms with Crippen molar-refractivity contribution in [1.82, 2.24) is 9.80 Å². The van der Waals surface area contributed by atoms with Crippen LogP contribution in [0.2, 0.25) is 0 Å². The predicted octanol–water partition coefficient (Wildman–Crippen LogP) is 1.29. The van der Waals surface area contributed by atoms with Crippen LogP contribution in [0.15, 0.2) is 25.3 Å². The number of fused-ring (bicyclic) bond motifs is 1. The fourth-order valence-electron chi connectivity index (χ4n) is 5.36. The van der Waals surface area contributed by atoms with Gasteiger partial charge in [-0.1, -0.05) is 25.5 Å². The molecule has 0 aromatic carbocycles. The van der Waals surface area contributed by atoms with Crippen LogP contribution < -0.4 is 0 Å². The van der Waals surface area contributed by atoms with Crippen molar-refractivity contribution in [1.29, 1.82) is 0 Å². The first-order valence-corrected chi connectivity index (χ1v) is 11.2. The van der Waals surface area contributed by atoms with Crippen LogP contribution in [-0.2, 0) is 23.9 Å². The Morgan fingerprint density at radius 1 is 1.39 bits per heavy atom. The second kappa shape index (κ2) is 9.96. The fraction of sp³-hybridized carbons (Fsp3) is 0.696. The van der Waals surface area contributed by atoms with Crippen molar-refractivity contribution >= 4 is 17.8 Å². The molecular weight excluding hydrogens is 400 g/mol. The maximum Gasteiger partial charge on any atom is 0.312 e. The summed E-state index contributed by atoms with van der Waals surface area (Å²) in [5, 5.41) is 9.60. The summed E-state index contributed by atoms with van der Waals surface area (Å²) in [5.41, 5.74) is -1.05. The number of rotatable bonds is 12. The normalized spacial score (nSPS) is 30.9. The first-order chi connectivity index (χ1) is 15.0. The second-order valence-corrected chi connectivity index (χ2v) is 8.48. The number of aliphatic hydroxyl groups excluding tert-OH is 1. The van der Waals surface area contributed by atoms with Gasteiger partial charge >= 0.3 is 5.97 Å². The maximum absolute atomic E-state index is 13.7. The third kappa shape index (κ3) is 4.03. The molecule has 3 fully saturated rings. The van der Waals surface area contributed by atoms with Gasteiger partial charge in [0, 0.05) is 19.6 Å². The molecule has 3 heterocycles. The Labute approximate surface area is 183 Å². The van der Waals surface area contributed by atoms with Gasteiger partial charge in [-0.15, -0.1) is 13.2 Å². The minimum atomic E-state index is -1.05. The number of ether oxygens (including phenoxy) is 2. The van der Waals surface area contributed by atoms with Gasteiger partial charge in [0.15, 0.2) is 0 Å². The Morgan fingerprint density at radius 3 is 2.81 bits per heavy atom. The van der Waals surface area contributed by atoms with Crippen LogP contribution in [0.3, 0.4) is 0 Å². The van der Waals surface area contributed by atoms with E-state index in [1.165, 1.54) is 4.90 Å². The van der Waals surface area contributed by atoms with E-state index in [9.17, 15) is 19.5 Å². The van der Waals surface area contributed by atoms with Crippen molar-refractivity contribution in [3.05, 3.63) is 25.3 Å². The van der Waals surface area contributed by atoms with Gasteiger partial charge < -0.3 is 24.4 Å². The van der Waals surface area contributed by atoms with E-state index in [1.807, 2.05) is 6.92 Å². The van der Waals surface area contributed by atoms with E-state index in [1.54, 1.807) is 17.1 Å². The molecule has 31 heavy (non-hydrogen) atoms. The van der Waals surface area contributed by atoms with Gasteiger partial charge in [0.05, 0.1) is 31.2 Å². The summed E-state index contributed by atoms with van der Waals surface area (Å²) in [6.45, 7) is 10.3. The number of likely N-dealkylation sites (tertiary alicyclic amines) is 1. The van der Waals surface area contributed by atoms with E-state index in [0.29, 0.717) is 32.4 Å². The van der Waals surface area contributed by atoms with E-state index in [-0.39, 0.29) is 31.6 Å². The molecule has 172 valence electrons. The van der Waals surface area contributed by atoms with Gasteiger partial charge in [-0.25, -0.2) is 0 Å². The van der Waals surface area contributed by atoms with Crippen LogP contribution in [0.1, 0.15) is 39.0 Å². The molecule has 5 atom stereocenters. The zero-order chi connectivity index (χ0) is 22.6. The Bertz CT molecular complexity index is 725. The second-order valence-electron chi connectivity index (χ2n) is 8.48. The van der Waals surface area contributed by atoms with E-state index >= 15 is 0 Å². The molecule has 2 amide bonds. The highest BCUT2D eigenvalue weighted by molar-refractivity contribution is 5.98. The van der Waals surface area contributed by atoms with Gasteiger partial charge in [0.1, 0.15) is 11.6 Å². The molecule has 2 unspecified atom stereocenters. The number of hydrogen-bond donors (Lipinski definition) is 1. The zero-order valence-electron chi connectivity index (χ0n) is 18.3. The SMILES string of the molecule is C=CCCOC(=O)[C@@H]1[C@H]2C(=O)N(CCO)C(C(=O)N(CC=C)CCCC)C23CC[C@H]1O3. The Kier molecular flexibility index (Phi) is 7.54. The lowest BCUT2D eigenvalue weighted by molar-refractivity contribution is -0.155. The molecule has 8 heteroatoms. The molecule has 0 saturated carbocycles. The third-order valence-corrected chi connectivity index (χ3v) is 6.66. The van der Waals surface area contributed by atoms with Crippen LogP contribution in [0.4, 0.5) is 0 Å². The quantitative estimate of drug-likeness (QED) is 0.282. The molecule has 0 aliphatic carbocycles. The van der Waals surface area contributed by atoms with Crippen molar-refractivity contribution in [3.63, 3.8) is 0 Å². The fourth-order valence-corrected chi connectivity index (χ4v) is 5.36. The molecule has 1 spiro atoms. The zero-order valence-corrected chi connectivity index (χ0v) is 18.3. The van der Waals surface area contributed by atoms with Crippen LogP contribution in [0.25, 0.3) is 0 Å². The summed E-state index contributed by atoms with van der Waals surface area (Å²) in [7, 11) is 0. The molecular formula is C23H34N2O6. The van der Waals surface area contributed by atoms with Crippen molar-refractivity contribution in [2.24, 2.45) is 11.8 Å². The van der Waals surface area contributed by atoms with Crippen LogP contribution in [-0.4, -0.2) is 83.3 Å². The summed E-state index contributed by atoms with van der Waals surface area (Å²) in [4.78, 5) is 43.1. The molecule has 0 aromatic rings. The van der Waals surface area contributed by atoms with Gasteiger partial charge in [-0.2, -0.15) is 0 Å².